The minimum absolute atomic E-state index is 0.787. The van der Waals surface area contributed by atoms with Gasteiger partial charge in [-0.05, 0) is 0 Å². The van der Waals surface area contributed by atoms with Gasteiger partial charge in [-0.1, -0.05) is 30.3 Å². The summed E-state index contributed by atoms with van der Waals surface area (Å²) in [6.45, 7) is 2.67. The Hall–Kier alpha value is -1.94. The Morgan fingerprint density at radius 1 is 1.06 bits per heavy atom. The van der Waals surface area contributed by atoms with E-state index >= 15 is 0 Å². The maximum absolute atomic E-state index is 4.61. The molecule has 1 aliphatic heterocycles. The molecule has 0 saturated heterocycles. The van der Waals surface area contributed by atoms with Crippen LogP contribution in [-0.2, 0) is 6.54 Å². The van der Waals surface area contributed by atoms with Crippen LogP contribution in [0.5, 0.6) is 0 Å². The Labute approximate surface area is 100 Å². The number of hydrogen-bond donors (Lipinski definition) is 2. The fourth-order valence-corrected chi connectivity index (χ4v) is 1.92. The molecule has 1 aromatic heterocycles. The lowest BCUT2D eigenvalue weighted by atomic mass is 10.2. The van der Waals surface area contributed by atoms with E-state index in [2.05, 4.69) is 20.6 Å². The quantitative estimate of drug-likeness (QED) is 0.776. The minimum atomic E-state index is 0.787. The first-order chi connectivity index (χ1) is 8.43. The topological polar surface area (TPSA) is 49.8 Å². The molecule has 2 N–H and O–H groups in total. The van der Waals surface area contributed by atoms with Gasteiger partial charge in [-0.2, -0.15) is 0 Å². The third-order valence-electron chi connectivity index (χ3n) is 2.81. The highest BCUT2D eigenvalue weighted by Crippen LogP contribution is 2.19. The molecule has 3 rings (SSSR count). The van der Waals surface area contributed by atoms with Crippen LogP contribution in [-0.4, -0.2) is 23.1 Å². The summed E-state index contributed by atoms with van der Waals surface area (Å²) in [4.78, 5) is 9.01. The van der Waals surface area contributed by atoms with Gasteiger partial charge in [0.25, 0.3) is 0 Å². The molecule has 2 aromatic rings. The Bertz CT molecular complexity index is 510. The van der Waals surface area contributed by atoms with E-state index < -0.39 is 0 Å². The van der Waals surface area contributed by atoms with Gasteiger partial charge in [-0.25, -0.2) is 9.97 Å². The summed E-state index contributed by atoms with van der Waals surface area (Å²) in [6.07, 6.45) is 1.87. The molecule has 0 bridgehead atoms. The van der Waals surface area contributed by atoms with Gasteiger partial charge >= 0.3 is 0 Å². The number of anilines is 1. The molecule has 17 heavy (non-hydrogen) atoms. The molecule has 0 spiro atoms. The number of nitrogens with one attached hydrogen (secondary N) is 2. The maximum atomic E-state index is 4.61. The van der Waals surface area contributed by atoms with E-state index in [1.807, 2.05) is 36.5 Å². The van der Waals surface area contributed by atoms with Gasteiger partial charge in [0.05, 0.1) is 17.6 Å². The summed E-state index contributed by atoms with van der Waals surface area (Å²) in [7, 11) is 0. The zero-order chi connectivity index (χ0) is 11.5. The normalized spacial score (nSPS) is 14.6. The molecule has 0 radical (unpaired) electrons. The Morgan fingerprint density at radius 2 is 1.94 bits per heavy atom. The van der Waals surface area contributed by atoms with E-state index in [-0.39, 0.29) is 0 Å². The second-order valence-corrected chi connectivity index (χ2v) is 4.02. The molecule has 86 valence electrons. The standard InChI is InChI=1S/C13H14N4/c1-2-4-10(5-3-1)13-16-9-11-12(17-13)8-14-6-7-15-11/h1-5,9,14-15H,6-8H2. The van der Waals surface area contributed by atoms with Crippen molar-refractivity contribution in [3.05, 3.63) is 42.2 Å². The van der Waals surface area contributed by atoms with Crippen molar-refractivity contribution in [3.8, 4) is 11.4 Å². The van der Waals surface area contributed by atoms with Gasteiger partial charge < -0.3 is 10.6 Å². The van der Waals surface area contributed by atoms with E-state index in [4.69, 9.17) is 0 Å². The van der Waals surface area contributed by atoms with Crippen molar-refractivity contribution in [3.63, 3.8) is 0 Å². The lowest BCUT2D eigenvalue weighted by Gasteiger charge is -2.07. The second kappa shape index (κ2) is 4.51. The lowest BCUT2D eigenvalue weighted by Crippen LogP contribution is -2.17. The van der Waals surface area contributed by atoms with E-state index in [1.54, 1.807) is 0 Å². The molecule has 4 heteroatoms. The molecule has 0 atom stereocenters. The molecule has 4 nitrogen and oxygen atoms in total. The number of aromatic nitrogens is 2. The molecule has 0 saturated carbocycles. The van der Waals surface area contributed by atoms with Gasteiger partial charge in [-0.3, -0.25) is 0 Å². The Morgan fingerprint density at radius 3 is 2.82 bits per heavy atom. The first-order valence-electron chi connectivity index (χ1n) is 5.79. The van der Waals surface area contributed by atoms with Crippen molar-refractivity contribution in [2.24, 2.45) is 0 Å². The molecule has 2 heterocycles. The number of hydrogen-bond acceptors (Lipinski definition) is 4. The van der Waals surface area contributed by atoms with Gasteiger partial charge in [-0.15, -0.1) is 0 Å². The summed E-state index contributed by atoms with van der Waals surface area (Å²) >= 11 is 0. The Kier molecular flexibility index (Phi) is 2.71. The van der Waals surface area contributed by atoms with Crippen LogP contribution in [0.2, 0.25) is 0 Å². The summed E-state index contributed by atoms with van der Waals surface area (Å²) in [6, 6.07) is 10.1. The van der Waals surface area contributed by atoms with Crippen LogP contribution in [0.4, 0.5) is 5.69 Å². The van der Waals surface area contributed by atoms with Crippen molar-refractivity contribution in [2.45, 2.75) is 6.54 Å². The highest BCUT2D eigenvalue weighted by atomic mass is 15.0. The fraction of sp³-hybridized carbons (Fsp3) is 0.231. The largest absolute Gasteiger partial charge is 0.381 e. The molecule has 0 unspecified atom stereocenters. The lowest BCUT2D eigenvalue weighted by molar-refractivity contribution is 0.712. The van der Waals surface area contributed by atoms with Crippen LogP contribution in [0.1, 0.15) is 5.69 Å². The summed E-state index contributed by atoms with van der Waals surface area (Å²) in [5, 5.41) is 6.65. The highest BCUT2D eigenvalue weighted by Gasteiger charge is 2.10. The summed E-state index contributed by atoms with van der Waals surface area (Å²) in [5.74, 6) is 0.787. The molecule has 1 aliphatic rings. The minimum Gasteiger partial charge on any atom is -0.381 e. The van der Waals surface area contributed by atoms with E-state index in [0.29, 0.717) is 0 Å². The number of fused-ring (bicyclic) bond motifs is 1. The zero-order valence-corrected chi connectivity index (χ0v) is 9.48. The average molecular weight is 226 g/mol. The van der Waals surface area contributed by atoms with E-state index in [0.717, 1.165) is 42.4 Å². The third kappa shape index (κ3) is 2.12. The fourth-order valence-electron chi connectivity index (χ4n) is 1.92. The van der Waals surface area contributed by atoms with Gasteiger partial charge in [0, 0.05) is 25.2 Å². The van der Waals surface area contributed by atoms with Crippen LogP contribution in [0, 0.1) is 0 Å². The van der Waals surface area contributed by atoms with Crippen molar-refractivity contribution in [2.75, 3.05) is 18.4 Å². The predicted octanol–water partition coefficient (Wildman–Crippen LogP) is 1.66. The molecule has 0 fully saturated rings. The van der Waals surface area contributed by atoms with E-state index in [1.165, 1.54) is 0 Å². The van der Waals surface area contributed by atoms with Crippen molar-refractivity contribution in [1.82, 2.24) is 15.3 Å². The van der Waals surface area contributed by atoms with Crippen molar-refractivity contribution < 1.29 is 0 Å². The first kappa shape index (κ1) is 10.2. The summed E-state index contributed by atoms with van der Waals surface area (Å²) < 4.78 is 0. The second-order valence-electron chi connectivity index (χ2n) is 4.02. The molecular weight excluding hydrogens is 212 g/mol. The van der Waals surface area contributed by atoms with Crippen molar-refractivity contribution >= 4 is 5.69 Å². The summed E-state index contributed by atoms with van der Waals surface area (Å²) in [5.41, 5.74) is 3.13. The molecule has 0 aliphatic carbocycles. The first-order valence-corrected chi connectivity index (χ1v) is 5.79. The van der Waals surface area contributed by atoms with Crippen LogP contribution >= 0.6 is 0 Å². The molecule has 0 amide bonds. The van der Waals surface area contributed by atoms with Crippen LogP contribution < -0.4 is 10.6 Å². The maximum Gasteiger partial charge on any atom is 0.159 e. The van der Waals surface area contributed by atoms with Crippen LogP contribution in [0.15, 0.2) is 36.5 Å². The monoisotopic (exact) mass is 226 g/mol. The number of benzene rings is 1. The van der Waals surface area contributed by atoms with E-state index in [9.17, 15) is 0 Å². The highest BCUT2D eigenvalue weighted by molar-refractivity contribution is 5.58. The Balaban J connectivity index is 2.00. The molecular formula is C13H14N4. The van der Waals surface area contributed by atoms with Crippen LogP contribution in [0.3, 0.4) is 0 Å². The smallest absolute Gasteiger partial charge is 0.159 e. The van der Waals surface area contributed by atoms with Crippen LogP contribution in [0.25, 0.3) is 11.4 Å². The number of nitrogens with zero attached hydrogens (tertiary/aromatic N) is 2. The molecule has 1 aromatic carbocycles. The zero-order valence-electron chi connectivity index (χ0n) is 9.48. The van der Waals surface area contributed by atoms with Gasteiger partial charge in [0.2, 0.25) is 0 Å². The van der Waals surface area contributed by atoms with Crippen molar-refractivity contribution in [1.29, 1.82) is 0 Å². The third-order valence-corrected chi connectivity index (χ3v) is 2.81. The van der Waals surface area contributed by atoms with Gasteiger partial charge in [0.1, 0.15) is 0 Å². The predicted molar refractivity (Wildman–Crippen MR) is 67.7 cm³/mol. The SMILES string of the molecule is c1ccc(-c2ncc3c(n2)CNCCN3)cc1. The van der Waals surface area contributed by atoms with Gasteiger partial charge in [0.15, 0.2) is 5.82 Å². The number of rotatable bonds is 1. The average Bonchev–Trinajstić information content (AvgIpc) is 2.64.